The second kappa shape index (κ2) is 3.83. The number of pyridine rings is 1. The Morgan fingerprint density at radius 3 is 2.71 bits per heavy atom. The van der Waals surface area contributed by atoms with Gasteiger partial charge in [0.2, 0.25) is 0 Å². The Morgan fingerprint density at radius 2 is 2.29 bits per heavy atom. The van der Waals surface area contributed by atoms with Gasteiger partial charge in [0, 0.05) is 12.6 Å². The fourth-order valence-corrected chi connectivity index (χ4v) is 1.36. The predicted molar refractivity (Wildman–Crippen MR) is 55.4 cm³/mol. The number of hydrogen-bond acceptors (Lipinski definition) is 3. The summed E-state index contributed by atoms with van der Waals surface area (Å²) in [6, 6.07) is 0. The second-order valence-corrected chi connectivity index (χ2v) is 3.04. The van der Waals surface area contributed by atoms with E-state index >= 15 is 0 Å². The average molecular weight is 215 g/mol. The summed E-state index contributed by atoms with van der Waals surface area (Å²) < 4.78 is 13.3. The van der Waals surface area contributed by atoms with Crippen molar-refractivity contribution in [1.29, 1.82) is 0 Å². The van der Waals surface area contributed by atoms with Crippen LogP contribution in [-0.4, -0.2) is 25.8 Å². The Morgan fingerprint density at radius 1 is 1.71 bits per heavy atom. The third kappa shape index (κ3) is 1.65. The van der Waals surface area contributed by atoms with E-state index in [0.29, 0.717) is 0 Å². The fourth-order valence-electron chi connectivity index (χ4n) is 1.04. The van der Waals surface area contributed by atoms with Crippen molar-refractivity contribution in [2.75, 3.05) is 12.4 Å². The van der Waals surface area contributed by atoms with Gasteiger partial charge in [-0.1, -0.05) is 11.6 Å². The monoisotopic (exact) mass is 215 g/mol. The third-order valence-electron chi connectivity index (χ3n) is 1.73. The van der Waals surface area contributed by atoms with Crippen molar-refractivity contribution in [2.24, 2.45) is 5.73 Å². The van der Waals surface area contributed by atoms with Gasteiger partial charge in [-0.3, -0.25) is 9.78 Å². The van der Waals surface area contributed by atoms with Gasteiger partial charge in [-0.05, 0) is 0 Å². The summed E-state index contributed by atoms with van der Waals surface area (Å²) in [5.41, 5.74) is 5.00. The minimum Gasteiger partial charge on any atom is -0.384 e. The largest absolute Gasteiger partial charge is 0.384 e. The van der Waals surface area contributed by atoms with E-state index < -0.39 is 11.7 Å². The number of amides is 1. The van der Waals surface area contributed by atoms with E-state index in [9.17, 15) is 9.18 Å². The first kappa shape index (κ1) is 10.8. The van der Waals surface area contributed by atoms with Gasteiger partial charge in [-0.2, -0.15) is 0 Å². The minimum atomic E-state index is -0.783. The SMILES string of the molecule is Bc1nc(C(N)=O)c(Cl)c(NC)c1F. The van der Waals surface area contributed by atoms with Crippen molar-refractivity contribution >= 4 is 36.6 Å². The lowest BCUT2D eigenvalue weighted by Crippen LogP contribution is -2.24. The molecule has 0 radical (unpaired) electrons. The Bertz CT molecular complexity index is 399. The molecule has 0 aromatic carbocycles. The Hall–Kier alpha value is -1.30. The van der Waals surface area contributed by atoms with Crippen molar-refractivity contribution in [2.45, 2.75) is 0 Å². The molecule has 1 aromatic rings. The summed E-state index contributed by atoms with van der Waals surface area (Å²) in [7, 11) is 2.92. The topological polar surface area (TPSA) is 68.0 Å². The van der Waals surface area contributed by atoms with E-state index in [-0.39, 0.29) is 22.0 Å². The predicted octanol–water partition coefficient (Wildman–Crippen LogP) is -0.727. The number of nitrogens with two attached hydrogens (primary N) is 1. The Labute approximate surface area is 86.1 Å². The number of nitrogens with zero attached hydrogens (tertiary/aromatic N) is 1. The lowest BCUT2D eigenvalue weighted by Gasteiger charge is -2.09. The molecule has 14 heavy (non-hydrogen) atoms. The summed E-state index contributed by atoms with van der Waals surface area (Å²) in [6.07, 6.45) is 0. The molecule has 74 valence electrons. The molecule has 7 heteroatoms. The number of rotatable bonds is 2. The van der Waals surface area contributed by atoms with E-state index in [1.54, 1.807) is 0 Å². The molecule has 0 aliphatic carbocycles. The van der Waals surface area contributed by atoms with Gasteiger partial charge in [0.25, 0.3) is 5.91 Å². The number of carbonyl (C=O) groups is 1. The van der Waals surface area contributed by atoms with Gasteiger partial charge in [-0.25, -0.2) is 4.39 Å². The number of anilines is 1. The average Bonchev–Trinajstić information content (AvgIpc) is 2.12. The van der Waals surface area contributed by atoms with E-state index in [2.05, 4.69) is 10.3 Å². The van der Waals surface area contributed by atoms with Gasteiger partial charge >= 0.3 is 0 Å². The molecule has 1 rings (SSSR count). The van der Waals surface area contributed by atoms with Crippen LogP contribution in [0.25, 0.3) is 0 Å². The standard InChI is InChI=1S/C7H8BClFN3O/c1-12-4-2(9)5(7(11)14)13-6(8)3(4)10/h8H2,1H3,(H2,11,14)(H,12,13). The number of aromatic nitrogens is 1. The molecule has 1 aromatic heterocycles. The first-order valence-electron chi connectivity index (χ1n) is 3.82. The van der Waals surface area contributed by atoms with Gasteiger partial charge in [0.15, 0.2) is 13.7 Å². The third-order valence-corrected chi connectivity index (χ3v) is 2.10. The van der Waals surface area contributed by atoms with Crippen LogP contribution in [-0.2, 0) is 0 Å². The van der Waals surface area contributed by atoms with Gasteiger partial charge in [0.05, 0.1) is 10.7 Å². The molecule has 0 fully saturated rings. The summed E-state index contributed by atoms with van der Waals surface area (Å²) in [5, 5.41) is 2.45. The lowest BCUT2D eigenvalue weighted by atomic mass is 10.0. The molecule has 0 aliphatic heterocycles. The molecule has 1 heterocycles. The number of nitrogens with one attached hydrogen (secondary N) is 1. The van der Waals surface area contributed by atoms with Crippen molar-refractivity contribution in [1.82, 2.24) is 4.98 Å². The van der Waals surface area contributed by atoms with Crippen LogP contribution in [0.4, 0.5) is 10.1 Å². The van der Waals surface area contributed by atoms with Crippen LogP contribution in [0.1, 0.15) is 10.5 Å². The second-order valence-electron chi connectivity index (χ2n) is 2.66. The molecule has 0 aliphatic rings. The Balaban J connectivity index is 3.50. The van der Waals surface area contributed by atoms with E-state index in [1.807, 2.05) is 0 Å². The highest BCUT2D eigenvalue weighted by Crippen LogP contribution is 2.25. The maximum absolute atomic E-state index is 13.3. The molecule has 3 N–H and O–H groups in total. The maximum Gasteiger partial charge on any atom is 0.268 e. The smallest absolute Gasteiger partial charge is 0.268 e. The molecule has 0 unspecified atom stereocenters. The molecule has 4 nitrogen and oxygen atoms in total. The molecule has 0 spiro atoms. The zero-order chi connectivity index (χ0) is 10.9. The van der Waals surface area contributed by atoms with Crippen LogP contribution in [0.2, 0.25) is 5.02 Å². The molecule has 0 bridgehead atoms. The quantitative estimate of drug-likeness (QED) is 0.640. The van der Waals surface area contributed by atoms with Gasteiger partial charge < -0.3 is 11.1 Å². The van der Waals surface area contributed by atoms with Crippen molar-refractivity contribution in [3.63, 3.8) is 0 Å². The van der Waals surface area contributed by atoms with Crippen LogP contribution in [0.3, 0.4) is 0 Å². The van der Waals surface area contributed by atoms with Gasteiger partial charge in [-0.15, -0.1) is 0 Å². The first-order chi connectivity index (χ1) is 6.49. The number of carbonyl (C=O) groups excluding carboxylic acids is 1. The van der Waals surface area contributed by atoms with Crippen LogP contribution in [0.5, 0.6) is 0 Å². The van der Waals surface area contributed by atoms with Crippen molar-refractivity contribution < 1.29 is 9.18 Å². The lowest BCUT2D eigenvalue weighted by molar-refractivity contribution is 0.0996. The van der Waals surface area contributed by atoms with Crippen molar-refractivity contribution in [3.05, 3.63) is 16.5 Å². The number of halogens is 2. The summed E-state index contributed by atoms with van der Waals surface area (Å²) in [6.45, 7) is 0. The minimum absolute atomic E-state index is 0.0352. The number of hydrogen-bond donors (Lipinski definition) is 2. The maximum atomic E-state index is 13.3. The molecule has 0 atom stereocenters. The molecular weight excluding hydrogens is 207 g/mol. The van der Waals surface area contributed by atoms with E-state index in [0.717, 1.165) is 0 Å². The molecule has 0 saturated carbocycles. The number of primary amides is 1. The highest BCUT2D eigenvalue weighted by Gasteiger charge is 2.18. The first-order valence-corrected chi connectivity index (χ1v) is 4.20. The highest BCUT2D eigenvalue weighted by molar-refractivity contribution is 6.38. The van der Waals surface area contributed by atoms with Crippen LogP contribution < -0.4 is 16.6 Å². The molecular formula is C7H8BClFN3O. The van der Waals surface area contributed by atoms with Crippen LogP contribution >= 0.6 is 11.6 Å². The summed E-state index contributed by atoms with van der Waals surface area (Å²) in [5.74, 6) is -1.36. The molecule has 0 saturated heterocycles. The van der Waals surface area contributed by atoms with Crippen LogP contribution in [0.15, 0.2) is 0 Å². The van der Waals surface area contributed by atoms with Crippen molar-refractivity contribution in [3.8, 4) is 0 Å². The fraction of sp³-hybridized carbons (Fsp3) is 0.143. The van der Waals surface area contributed by atoms with Crippen LogP contribution in [0, 0.1) is 5.82 Å². The summed E-state index contributed by atoms with van der Waals surface area (Å²) >= 11 is 5.72. The zero-order valence-corrected chi connectivity index (χ0v) is 8.44. The molecule has 1 amide bonds. The van der Waals surface area contributed by atoms with E-state index in [4.69, 9.17) is 17.3 Å². The highest BCUT2D eigenvalue weighted by atomic mass is 35.5. The van der Waals surface area contributed by atoms with E-state index in [1.165, 1.54) is 14.9 Å². The normalized spacial score (nSPS) is 9.93. The summed E-state index contributed by atoms with van der Waals surface area (Å²) in [4.78, 5) is 14.5. The zero-order valence-electron chi connectivity index (χ0n) is 7.69. The van der Waals surface area contributed by atoms with Gasteiger partial charge in [0.1, 0.15) is 5.69 Å². The Kier molecular flexibility index (Phi) is 2.95.